The second-order valence-corrected chi connectivity index (χ2v) is 5.87. The van der Waals surface area contributed by atoms with E-state index < -0.39 is 0 Å². The minimum Gasteiger partial charge on any atom is -0.356 e. The Bertz CT molecular complexity index is 190. The summed E-state index contributed by atoms with van der Waals surface area (Å²) in [6, 6.07) is 0. The van der Waals surface area contributed by atoms with Crippen LogP contribution in [0, 0.1) is 5.92 Å². The normalized spacial score (nSPS) is 17.3. The zero-order valence-corrected chi connectivity index (χ0v) is 12.3. The van der Waals surface area contributed by atoms with Crippen LogP contribution in [0.5, 0.6) is 0 Å². The molecule has 0 unspecified atom stereocenters. The Labute approximate surface area is 113 Å². The van der Waals surface area contributed by atoms with E-state index in [1.54, 1.807) is 0 Å². The van der Waals surface area contributed by atoms with E-state index in [1.165, 1.54) is 43.0 Å². The molecule has 0 heterocycles. The van der Waals surface area contributed by atoms with Gasteiger partial charge in [0.05, 0.1) is 0 Å². The lowest BCUT2D eigenvalue weighted by molar-refractivity contribution is -0.121. The van der Waals surface area contributed by atoms with Gasteiger partial charge < -0.3 is 5.32 Å². The second-order valence-electron chi connectivity index (χ2n) is 4.79. The third-order valence-corrected chi connectivity index (χ3v) is 4.15. The van der Waals surface area contributed by atoms with E-state index >= 15 is 0 Å². The summed E-state index contributed by atoms with van der Waals surface area (Å²) in [7, 11) is 0. The average Bonchev–Trinajstić information content (AvgIpc) is 2.33. The Morgan fingerprint density at radius 2 is 1.94 bits per heavy atom. The summed E-state index contributed by atoms with van der Waals surface area (Å²) in [6.45, 7) is 0.868. The number of alkyl halides is 1. The van der Waals surface area contributed by atoms with Gasteiger partial charge in [-0.25, -0.2) is 0 Å². The van der Waals surface area contributed by atoms with Crippen molar-refractivity contribution in [2.75, 3.05) is 11.0 Å². The van der Waals surface area contributed by atoms with E-state index in [0.717, 1.165) is 31.7 Å². The molecule has 1 N–H and O–H groups in total. The number of carbonyl (C=O) groups is 1. The van der Waals surface area contributed by atoms with Crippen molar-refractivity contribution < 1.29 is 4.79 Å². The zero-order valence-electron chi connectivity index (χ0n) is 10.1. The lowest BCUT2D eigenvalue weighted by Crippen LogP contribution is -2.25. The predicted octanol–water partition coefficient (Wildman–Crippen LogP) is 3.68. The summed E-state index contributed by atoms with van der Waals surface area (Å²) in [5, 5.41) is 3.01. The molecule has 1 aliphatic rings. The Hall–Kier alpha value is 0.200. The van der Waals surface area contributed by atoms with E-state index in [0.29, 0.717) is 0 Å². The van der Waals surface area contributed by atoms with Crippen molar-refractivity contribution in [3.05, 3.63) is 0 Å². The summed E-state index contributed by atoms with van der Waals surface area (Å²) in [4.78, 5) is 11.5. The van der Waals surface area contributed by atoms with Crippen LogP contribution >= 0.6 is 22.6 Å². The Morgan fingerprint density at radius 1 is 1.19 bits per heavy atom. The van der Waals surface area contributed by atoms with Gasteiger partial charge in [0.1, 0.15) is 0 Å². The van der Waals surface area contributed by atoms with Crippen LogP contribution in [0.4, 0.5) is 0 Å². The highest BCUT2D eigenvalue weighted by molar-refractivity contribution is 14.1. The van der Waals surface area contributed by atoms with Crippen molar-refractivity contribution in [3.63, 3.8) is 0 Å². The summed E-state index contributed by atoms with van der Waals surface area (Å²) in [5.41, 5.74) is 0. The predicted molar refractivity (Wildman–Crippen MR) is 76.9 cm³/mol. The van der Waals surface area contributed by atoms with Crippen LogP contribution in [0.1, 0.15) is 57.8 Å². The highest BCUT2D eigenvalue weighted by Gasteiger charge is 2.14. The van der Waals surface area contributed by atoms with Gasteiger partial charge in [-0.3, -0.25) is 4.79 Å². The van der Waals surface area contributed by atoms with E-state index in [-0.39, 0.29) is 5.91 Å². The molecule has 1 rings (SSSR count). The van der Waals surface area contributed by atoms with Gasteiger partial charge in [-0.2, -0.15) is 0 Å². The van der Waals surface area contributed by atoms with Crippen LogP contribution in [0.3, 0.4) is 0 Å². The highest BCUT2D eigenvalue weighted by atomic mass is 127. The zero-order chi connectivity index (χ0) is 11.6. The molecule has 2 nitrogen and oxygen atoms in total. The lowest BCUT2D eigenvalue weighted by atomic mass is 9.86. The molecule has 0 atom stereocenters. The van der Waals surface area contributed by atoms with E-state index in [1.807, 2.05) is 0 Å². The maximum Gasteiger partial charge on any atom is 0.220 e. The number of amides is 1. The largest absolute Gasteiger partial charge is 0.356 e. The minimum absolute atomic E-state index is 0.263. The molecule has 1 aliphatic carbocycles. The first kappa shape index (κ1) is 14.3. The Kier molecular flexibility index (Phi) is 8.25. The van der Waals surface area contributed by atoms with Crippen LogP contribution in [0.25, 0.3) is 0 Å². The molecule has 0 aromatic rings. The van der Waals surface area contributed by atoms with Gasteiger partial charge >= 0.3 is 0 Å². The molecule has 0 aliphatic heterocycles. The fourth-order valence-electron chi connectivity index (χ4n) is 2.35. The third-order valence-electron chi connectivity index (χ3n) is 3.39. The van der Waals surface area contributed by atoms with Gasteiger partial charge in [0.15, 0.2) is 0 Å². The van der Waals surface area contributed by atoms with Crippen molar-refractivity contribution in [2.45, 2.75) is 57.8 Å². The summed E-state index contributed by atoms with van der Waals surface area (Å²) in [5.74, 6) is 1.09. The first-order valence-corrected chi connectivity index (χ1v) is 8.18. The maximum atomic E-state index is 11.5. The van der Waals surface area contributed by atoms with E-state index in [2.05, 4.69) is 27.9 Å². The molecule has 0 bridgehead atoms. The summed E-state index contributed by atoms with van der Waals surface area (Å²) in [6.07, 6.45) is 11.0. The van der Waals surface area contributed by atoms with Gasteiger partial charge in [0.2, 0.25) is 5.91 Å². The molecule has 1 amide bonds. The van der Waals surface area contributed by atoms with Crippen molar-refractivity contribution in [3.8, 4) is 0 Å². The molecule has 94 valence electrons. The van der Waals surface area contributed by atoms with Crippen LogP contribution < -0.4 is 5.32 Å². The van der Waals surface area contributed by atoms with Crippen molar-refractivity contribution in [1.82, 2.24) is 5.32 Å². The van der Waals surface area contributed by atoms with Gasteiger partial charge in [-0.15, -0.1) is 0 Å². The molecule has 3 heteroatoms. The van der Waals surface area contributed by atoms with Crippen LogP contribution in [-0.4, -0.2) is 16.9 Å². The molecular weight excluding hydrogens is 313 g/mol. The van der Waals surface area contributed by atoms with Gasteiger partial charge in [0.25, 0.3) is 0 Å². The number of halogens is 1. The summed E-state index contributed by atoms with van der Waals surface area (Å²) >= 11 is 2.38. The number of rotatable bonds is 7. The fraction of sp³-hybridized carbons (Fsp3) is 0.923. The van der Waals surface area contributed by atoms with Gasteiger partial charge in [-0.1, -0.05) is 54.7 Å². The number of hydrogen-bond acceptors (Lipinski definition) is 1. The maximum absolute atomic E-state index is 11.5. The smallest absolute Gasteiger partial charge is 0.220 e. The molecule has 0 aromatic heterocycles. The average molecular weight is 337 g/mol. The highest BCUT2D eigenvalue weighted by Crippen LogP contribution is 2.27. The molecular formula is C13H24INO. The molecule has 0 spiro atoms. The van der Waals surface area contributed by atoms with Crippen LogP contribution in [0.15, 0.2) is 0 Å². The number of unbranched alkanes of at least 4 members (excludes halogenated alkanes) is 1. The topological polar surface area (TPSA) is 29.1 Å². The molecule has 0 radical (unpaired) electrons. The van der Waals surface area contributed by atoms with Crippen molar-refractivity contribution in [1.29, 1.82) is 0 Å². The first-order chi connectivity index (χ1) is 7.83. The molecule has 1 saturated carbocycles. The minimum atomic E-state index is 0.263. The third kappa shape index (κ3) is 6.71. The molecule has 1 fully saturated rings. The SMILES string of the molecule is O=C(CCC1CCCCC1)NCCCCI. The van der Waals surface area contributed by atoms with Crippen molar-refractivity contribution in [2.24, 2.45) is 5.92 Å². The number of carbonyl (C=O) groups excluding carboxylic acids is 1. The van der Waals surface area contributed by atoms with Crippen molar-refractivity contribution >= 4 is 28.5 Å². The van der Waals surface area contributed by atoms with E-state index in [4.69, 9.17) is 0 Å². The molecule has 0 saturated heterocycles. The standard InChI is InChI=1S/C13H24INO/c14-10-4-5-11-15-13(16)9-8-12-6-2-1-3-7-12/h12H,1-11H2,(H,15,16). The lowest BCUT2D eigenvalue weighted by Gasteiger charge is -2.20. The number of nitrogens with one attached hydrogen (secondary N) is 1. The van der Waals surface area contributed by atoms with Gasteiger partial charge in [-0.05, 0) is 29.6 Å². The van der Waals surface area contributed by atoms with Gasteiger partial charge in [0, 0.05) is 13.0 Å². The fourth-order valence-corrected chi connectivity index (χ4v) is 2.89. The molecule has 16 heavy (non-hydrogen) atoms. The number of hydrogen-bond donors (Lipinski definition) is 1. The Morgan fingerprint density at radius 3 is 2.62 bits per heavy atom. The monoisotopic (exact) mass is 337 g/mol. The molecule has 0 aromatic carbocycles. The quantitative estimate of drug-likeness (QED) is 0.429. The van der Waals surface area contributed by atoms with Crippen LogP contribution in [0.2, 0.25) is 0 Å². The van der Waals surface area contributed by atoms with E-state index in [9.17, 15) is 4.79 Å². The first-order valence-electron chi connectivity index (χ1n) is 6.65. The Balaban J connectivity index is 1.96. The second kappa shape index (κ2) is 9.25. The van der Waals surface area contributed by atoms with Crippen LogP contribution in [-0.2, 0) is 4.79 Å². The summed E-state index contributed by atoms with van der Waals surface area (Å²) < 4.78 is 1.19.